The van der Waals surface area contributed by atoms with Gasteiger partial charge in [0.2, 0.25) is 0 Å². The van der Waals surface area contributed by atoms with Crippen molar-refractivity contribution in [2.24, 2.45) is 0 Å². The summed E-state index contributed by atoms with van der Waals surface area (Å²) in [5.41, 5.74) is 3.64. The van der Waals surface area contributed by atoms with Gasteiger partial charge < -0.3 is 5.32 Å². The number of rotatable bonds is 6. The molecule has 2 N–H and O–H groups in total. The van der Waals surface area contributed by atoms with Gasteiger partial charge >= 0.3 is 0 Å². The van der Waals surface area contributed by atoms with Crippen molar-refractivity contribution < 1.29 is 13.2 Å². The van der Waals surface area contributed by atoms with Crippen LogP contribution in [0.25, 0.3) is 0 Å². The van der Waals surface area contributed by atoms with E-state index in [1.165, 1.54) is 18.2 Å². The van der Waals surface area contributed by atoms with Crippen LogP contribution in [-0.4, -0.2) is 14.3 Å². The molecule has 0 aliphatic rings. The van der Waals surface area contributed by atoms with E-state index in [2.05, 4.69) is 10.0 Å². The maximum absolute atomic E-state index is 12.9. The Balaban J connectivity index is 1.83. The van der Waals surface area contributed by atoms with Crippen molar-refractivity contribution in [2.75, 3.05) is 4.72 Å². The average molecular weight is 443 g/mol. The Morgan fingerprint density at radius 3 is 2.30 bits per heavy atom. The summed E-state index contributed by atoms with van der Waals surface area (Å²) >= 11 is 6.15. The first-order valence-electron chi connectivity index (χ1n) is 9.42. The van der Waals surface area contributed by atoms with Gasteiger partial charge in [0.25, 0.3) is 15.9 Å². The van der Waals surface area contributed by atoms with E-state index >= 15 is 0 Å². The molecule has 3 aromatic rings. The van der Waals surface area contributed by atoms with E-state index in [4.69, 9.17) is 11.6 Å². The van der Waals surface area contributed by atoms with E-state index in [0.717, 1.165) is 16.7 Å². The van der Waals surface area contributed by atoms with Gasteiger partial charge in [0.1, 0.15) is 4.90 Å². The standard InChI is InChI=1S/C23H23ClN2O3S/c1-15-7-9-18(10-8-15)17(3)25-23(27)19-11-12-21(24)22(14-19)30(28,29)26-20-6-4-5-16(2)13-20/h4-14,17,26H,1-3H3,(H,25,27)/t17-/m0/s1. The summed E-state index contributed by atoms with van der Waals surface area (Å²) in [5.74, 6) is -0.383. The highest BCUT2D eigenvalue weighted by Crippen LogP contribution is 2.26. The van der Waals surface area contributed by atoms with Crippen molar-refractivity contribution in [3.05, 3.63) is 94.0 Å². The van der Waals surface area contributed by atoms with E-state index in [1.807, 2.05) is 51.1 Å². The van der Waals surface area contributed by atoms with Gasteiger partial charge in [-0.15, -0.1) is 0 Å². The quantitative estimate of drug-likeness (QED) is 0.547. The Morgan fingerprint density at radius 1 is 0.933 bits per heavy atom. The molecule has 0 spiro atoms. The van der Waals surface area contributed by atoms with Crippen LogP contribution in [0, 0.1) is 13.8 Å². The van der Waals surface area contributed by atoms with Crippen molar-refractivity contribution >= 4 is 33.2 Å². The third kappa shape index (κ3) is 5.20. The van der Waals surface area contributed by atoms with Gasteiger partial charge in [0.15, 0.2) is 0 Å². The predicted molar refractivity (Wildman–Crippen MR) is 120 cm³/mol. The van der Waals surface area contributed by atoms with Crippen LogP contribution in [0.4, 0.5) is 5.69 Å². The molecule has 0 bridgehead atoms. The van der Waals surface area contributed by atoms with Gasteiger partial charge in [-0.3, -0.25) is 9.52 Å². The maximum atomic E-state index is 12.9. The van der Waals surface area contributed by atoms with E-state index in [9.17, 15) is 13.2 Å². The average Bonchev–Trinajstić information content (AvgIpc) is 2.68. The van der Waals surface area contributed by atoms with Gasteiger partial charge in [0, 0.05) is 11.3 Å². The zero-order chi connectivity index (χ0) is 21.9. The molecule has 3 rings (SSSR count). The van der Waals surface area contributed by atoms with Crippen LogP contribution >= 0.6 is 11.6 Å². The third-order valence-corrected chi connectivity index (χ3v) is 6.54. The van der Waals surface area contributed by atoms with Crippen molar-refractivity contribution in [1.29, 1.82) is 0 Å². The Morgan fingerprint density at radius 2 is 1.63 bits per heavy atom. The summed E-state index contributed by atoms with van der Waals surface area (Å²) in [5, 5.41) is 2.93. The first-order chi connectivity index (χ1) is 14.2. The number of nitrogens with one attached hydrogen (secondary N) is 2. The molecule has 1 amide bonds. The SMILES string of the molecule is Cc1ccc([C@H](C)NC(=O)c2ccc(Cl)c(S(=O)(=O)Nc3cccc(C)c3)c2)cc1. The molecule has 156 valence electrons. The third-order valence-electron chi connectivity index (χ3n) is 4.68. The number of amides is 1. The molecule has 1 atom stereocenters. The van der Waals surface area contributed by atoms with Crippen LogP contribution in [0.3, 0.4) is 0 Å². The fraction of sp³-hybridized carbons (Fsp3) is 0.174. The molecular weight excluding hydrogens is 420 g/mol. The smallest absolute Gasteiger partial charge is 0.263 e. The van der Waals surface area contributed by atoms with Crippen LogP contribution in [0.2, 0.25) is 5.02 Å². The number of hydrogen-bond acceptors (Lipinski definition) is 3. The number of hydrogen-bond donors (Lipinski definition) is 2. The van der Waals surface area contributed by atoms with Crippen LogP contribution < -0.4 is 10.0 Å². The fourth-order valence-corrected chi connectivity index (χ4v) is 4.56. The summed E-state index contributed by atoms with van der Waals surface area (Å²) in [4.78, 5) is 12.6. The minimum absolute atomic E-state index is 0.0401. The van der Waals surface area contributed by atoms with Crippen molar-refractivity contribution in [3.63, 3.8) is 0 Å². The first-order valence-corrected chi connectivity index (χ1v) is 11.3. The van der Waals surface area contributed by atoms with Crippen LogP contribution in [0.15, 0.2) is 71.6 Å². The minimum atomic E-state index is -3.96. The van der Waals surface area contributed by atoms with E-state index in [1.54, 1.807) is 18.2 Å². The molecule has 0 aliphatic heterocycles. The lowest BCUT2D eigenvalue weighted by Gasteiger charge is -2.16. The number of halogens is 1. The number of anilines is 1. The lowest BCUT2D eigenvalue weighted by atomic mass is 10.1. The predicted octanol–water partition coefficient (Wildman–Crippen LogP) is 5.25. The molecule has 0 saturated heterocycles. The molecule has 0 saturated carbocycles. The highest BCUT2D eigenvalue weighted by molar-refractivity contribution is 7.92. The van der Waals surface area contributed by atoms with Crippen molar-refractivity contribution in [3.8, 4) is 0 Å². The largest absolute Gasteiger partial charge is 0.346 e. The molecule has 0 unspecified atom stereocenters. The monoisotopic (exact) mass is 442 g/mol. The molecule has 5 nitrogen and oxygen atoms in total. The molecule has 0 aliphatic carbocycles. The number of carbonyl (C=O) groups excluding carboxylic acids is 1. The van der Waals surface area contributed by atoms with Crippen LogP contribution in [0.1, 0.15) is 40.0 Å². The molecular formula is C23H23ClN2O3S. The Kier molecular flexibility index (Phi) is 6.48. The fourth-order valence-electron chi connectivity index (χ4n) is 2.99. The molecule has 0 fully saturated rings. The van der Waals surface area contributed by atoms with E-state index in [-0.39, 0.29) is 27.4 Å². The molecule has 3 aromatic carbocycles. The minimum Gasteiger partial charge on any atom is -0.346 e. The molecule has 0 aromatic heterocycles. The Labute approximate surface area is 182 Å². The van der Waals surface area contributed by atoms with Gasteiger partial charge in [0.05, 0.1) is 11.1 Å². The molecule has 0 heterocycles. The summed E-state index contributed by atoms with van der Waals surface area (Å²) in [6, 6.07) is 18.8. The van der Waals surface area contributed by atoms with Crippen LogP contribution in [-0.2, 0) is 10.0 Å². The maximum Gasteiger partial charge on any atom is 0.263 e. The van der Waals surface area contributed by atoms with Crippen molar-refractivity contribution in [2.45, 2.75) is 31.7 Å². The lowest BCUT2D eigenvalue weighted by Crippen LogP contribution is -2.27. The zero-order valence-corrected chi connectivity index (χ0v) is 18.5. The summed E-state index contributed by atoms with van der Waals surface area (Å²) < 4.78 is 28.2. The second-order valence-electron chi connectivity index (χ2n) is 7.23. The highest BCUT2D eigenvalue weighted by Gasteiger charge is 2.21. The number of carbonyl (C=O) groups is 1. The second-order valence-corrected chi connectivity index (χ2v) is 9.28. The normalized spacial score (nSPS) is 12.3. The Bertz CT molecular complexity index is 1180. The summed E-state index contributed by atoms with van der Waals surface area (Å²) in [6.45, 7) is 5.73. The van der Waals surface area contributed by atoms with Gasteiger partial charge in [-0.05, 0) is 62.2 Å². The lowest BCUT2D eigenvalue weighted by molar-refractivity contribution is 0.0939. The van der Waals surface area contributed by atoms with Crippen LogP contribution in [0.5, 0.6) is 0 Å². The molecule has 30 heavy (non-hydrogen) atoms. The number of aryl methyl sites for hydroxylation is 2. The van der Waals surface area contributed by atoms with E-state index in [0.29, 0.717) is 5.69 Å². The second kappa shape index (κ2) is 8.90. The number of sulfonamides is 1. The van der Waals surface area contributed by atoms with Gasteiger partial charge in [-0.2, -0.15) is 0 Å². The molecule has 0 radical (unpaired) electrons. The summed E-state index contributed by atoms with van der Waals surface area (Å²) in [6.07, 6.45) is 0. The first kappa shape index (κ1) is 21.9. The molecule has 7 heteroatoms. The van der Waals surface area contributed by atoms with Gasteiger partial charge in [-0.25, -0.2) is 8.42 Å². The summed E-state index contributed by atoms with van der Waals surface area (Å²) in [7, 11) is -3.96. The topological polar surface area (TPSA) is 75.3 Å². The van der Waals surface area contributed by atoms with Gasteiger partial charge in [-0.1, -0.05) is 53.6 Å². The Hall–Kier alpha value is -2.83. The number of benzene rings is 3. The van der Waals surface area contributed by atoms with Crippen molar-refractivity contribution in [1.82, 2.24) is 5.32 Å². The zero-order valence-electron chi connectivity index (χ0n) is 16.9. The van der Waals surface area contributed by atoms with E-state index < -0.39 is 10.0 Å². The highest BCUT2D eigenvalue weighted by atomic mass is 35.5.